The molecule has 150 valence electrons. The predicted molar refractivity (Wildman–Crippen MR) is 116 cm³/mol. The Balaban J connectivity index is 1.38. The number of hydrogen-bond acceptors (Lipinski definition) is 4. The third-order valence-corrected chi connectivity index (χ3v) is 7.74. The Hall–Kier alpha value is -2.02. The molecule has 1 aliphatic carbocycles. The van der Waals surface area contributed by atoms with Crippen LogP contribution in [0.5, 0.6) is 0 Å². The maximum atomic E-state index is 14.2. The number of nitrogens with zero attached hydrogens (tertiary/aromatic N) is 2. The molecule has 1 amide bonds. The highest BCUT2D eigenvalue weighted by molar-refractivity contribution is 7.10. The maximum absolute atomic E-state index is 14.2. The summed E-state index contributed by atoms with van der Waals surface area (Å²) >= 11 is 3.56. The monoisotopic (exact) mass is 426 g/mol. The molecule has 3 nitrogen and oxygen atoms in total. The number of carbonyl (C=O) groups excluding carboxylic acids is 1. The van der Waals surface area contributed by atoms with Gasteiger partial charge in [0, 0.05) is 34.4 Å². The molecule has 1 fully saturated rings. The molecule has 1 unspecified atom stereocenters. The summed E-state index contributed by atoms with van der Waals surface area (Å²) in [5.41, 5.74) is 1.94. The number of halogens is 1. The summed E-state index contributed by atoms with van der Waals surface area (Å²) in [4.78, 5) is 20.3. The van der Waals surface area contributed by atoms with E-state index in [4.69, 9.17) is 0 Å². The van der Waals surface area contributed by atoms with Gasteiger partial charge in [-0.25, -0.2) is 4.39 Å². The Morgan fingerprint density at radius 3 is 2.72 bits per heavy atom. The van der Waals surface area contributed by atoms with Crippen molar-refractivity contribution in [2.45, 2.75) is 37.9 Å². The zero-order valence-electron chi connectivity index (χ0n) is 16.1. The Morgan fingerprint density at radius 2 is 1.97 bits per heavy atom. The molecule has 0 radical (unpaired) electrons. The molecular formula is C23H23FN2OS2. The van der Waals surface area contributed by atoms with E-state index in [0.29, 0.717) is 18.7 Å². The van der Waals surface area contributed by atoms with Crippen LogP contribution in [0.25, 0.3) is 0 Å². The van der Waals surface area contributed by atoms with Crippen molar-refractivity contribution < 1.29 is 9.18 Å². The topological polar surface area (TPSA) is 23.6 Å². The molecular weight excluding hydrogens is 403 g/mol. The van der Waals surface area contributed by atoms with Gasteiger partial charge >= 0.3 is 0 Å². The second-order valence-corrected chi connectivity index (χ2v) is 9.76. The van der Waals surface area contributed by atoms with Crippen molar-refractivity contribution in [3.63, 3.8) is 0 Å². The van der Waals surface area contributed by atoms with Crippen LogP contribution in [0.15, 0.2) is 53.2 Å². The summed E-state index contributed by atoms with van der Waals surface area (Å²) in [6, 6.07) is 13.6. The van der Waals surface area contributed by atoms with Crippen LogP contribution in [0, 0.1) is 5.82 Å². The number of rotatable bonds is 6. The van der Waals surface area contributed by atoms with Gasteiger partial charge in [0.1, 0.15) is 5.82 Å². The van der Waals surface area contributed by atoms with E-state index in [2.05, 4.69) is 33.9 Å². The summed E-state index contributed by atoms with van der Waals surface area (Å²) in [5, 5.41) is 4.26. The van der Waals surface area contributed by atoms with E-state index in [1.165, 1.54) is 21.4 Å². The molecule has 0 N–H and O–H groups in total. The lowest BCUT2D eigenvalue weighted by Gasteiger charge is -2.36. The van der Waals surface area contributed by atoms with Gasteiger partial charge < -0.3 is 4.90 Å². The predicted octanol–water partition coefficient (Wildman–Crippen LogP) is 5.09. The number of carbonyl (C=O) groups is 1. The van der Waals surface area contributed by atoms with Crippen LogP contribution in [0.2, 0.25) is 0 Å². The van der Waals surface area contributed by atoms with Crippen molar-refractivity contribution in [2.75, 3.05) is 13.1 Å². The summed E-state index contributed by atoms with van der Waals surface area (Å²) in [6.07, 6.45) is 3.02. The standard InChI is InChI=1S/C23H23FN2OS2/c24-19-5-2-1-4-16(19)14-26(17-7-8-17)22(27)15-25-11-9-20-18(10-13-29-20)23(25)21-6-3-12-28-21/h1-6,10,12-13,17,23H,7-9,11,14-15H2. The average molecular weight is 427 g/mol. The van der Waals surface area contributed by atoms with Gasteiger partial charge in [-0.3, -0.25) is 9.69 Å². The van der Waals surface area contributed by atoms with Crippen molar-refractivity contribution in [2.24, 2.45) is 0 Å². The van der Waals surface area contributed by atoms with Crippen molar-refractivity contribution >= 4 is 28.6 Å². The van der Waals surface area contributed by atoms with Crippen LogP contribution in [0.1, 0.15) is 39.8 Å². The van der Waals surface area contributed by atoms with E-state index >= 15 is 0 Å². The maximum Gasteiger partial charge on any atom is 0.237 e. The molecule has 6 heteroatoms. The smallest absolute Gasteiger partial charge is 0.237 e. The zero-order valence-corrected chi connectivity index (χ0v) is 17.7. The molecule has 3 heterocycles. The van der Waals surface area contributed by atoms with Crippen LogP contribution >= 0.6 is 22.7 Å². The Morgan fingerprint density at radius 1 is 1.10 bits per heavy atom. The number of amides is 1. The van der Waals surface area contributed by atoms with Gasteiger partial charge in [0.05, 0.1) is 12.6 Å². The van der Waals surface area contributed by atoms with Gasteiger partial charge in [0.25, 0.3) is 0 Å². The SMILES string of the molecule is O=C(CN1CCc2sccc2C1c1cccs1)N(Cc1ccccc1F)C1CC1. The van der Waals surface area contributed by atoms with E-state index in [1.54, 1.807) is 23.5 Å². The first-order valence-electron chi connectivity index (χ1n) is 10.1. The third kappa shape index (κ3) is 3.89. The van der Waals surface area contributed by atoms with E-state index in [1.807, 2.05) is 22.3 Å². The van der Waals surface area contributed by atoms with Crippen molar-refractivity contribution in [1.82, 2.24) is 9.80 Å². The summed E-state index contributed by atoms with van der Waals surface area (Å²) in [5.74, 6) is -0.126. The largest absolute Gasteiger partial charge is 0.334 e. The van der Waals surface area contributed by atoms with E-state index < -0.39 is 0 Å². The highest BCUT2D eigenvalue weighted by Crippen LogP contribution is 2.39. The minimum atomic E-state index is -0.233. The van der Waals surface area contributed by atoms with Gasteiger partial charge in [-0.15, -0.1) is 22.7 Å². The normalized spacial score (nSPS) is 19.1. The fraction of sp³-hybridized carbons (Fsp3) is 0.348. The molecule has 1 aromatic carbocycles. The van der Waals surface area contributed by atoms with Crippen LogP contribution in [-0.4, -0.2) is 34.8 Å². The lowest BCUT2D eigenvalue weighted by molar-refractivity contribution is -0.134. The number of fused-ring (bicyclic) bond motifs is 1. The summed E-state index contributed by atoms with van der Waals surface area (Å²) in [7, 11) is 0. The minimum absolute atomic E-state index is 0.107. The van der Waals surface area contributed by atoms with Crippen LogP contribution in [0.4, 0.5) is 4.39 Å². The van der Waals surface area contributed by atoms with Crippen LogP contribution in [-0.2, 0) is 17.8 Å². The van der Waals surface area contributed by atoms with Crippen LogP contribution < -0.4 is 0 Å². The van der Waals surface area contributed by atoms with Gasteiger partial charge in [-0.2, -0.15) is 0 Å². The van der Waals surface area contributed by atoms with Crippen LogP contribution in [0.3, 0.4) is 0 Å². The van der Waals surface area contributed by atoms with Crippen molar-refractivity contribution in [1.29, 1.82) is 0 Å². The molecule has 2 aliphatic rings. The summed E-state index contributed by atoms with van der Waals surface area (Å²) in [6.45, 7) is 1.61. The van der Waals surface area contributed by atoms with Crippen molar-refractivity contribution in [3.05, 3.63) is 79.9 Å². The molecule has 2 aromatic heterocycles. The quantitative estimate of drug-likeness (QED) is 0.548. The molecule has 0 spiro atoms. The fourth-order valence-electron chi connectivity index (χ4n) is 4.20. The first kappa shape index (κ1) is 19.0. The van der Waals surface area contributed by atoms with Gasteiger partial charge in [0.15, 0.2) is 0 Å². The molecule has 0 saturated heterocycles. The fourth-order valence-corrected chi connectivity index (χ4v) is 5.98. The first-order valence-corrected chi connectivity index (χ1v) is 11.8. The molecule has 1 aliphatic heterocycles. The highest BCUT2D eigenvalue weighted by atomic mass is 32.1. The third-order valence-electron chi connectivity index (χ3n) is 5.82. The van der Waals surface area contributed by atoms with Crippen molar-refractivity contribution in [3.8, 4) is 0 Å². The molecule has 3 aromatic rings. The van der Waals surface area contributed by atoms with E-state index in [0.717, 1.165) is 25.8 Å². The molecule has 1 saturated carbocycles. The second-order valence-electron chi connectivity index (χ2n) is 7.78. The molecule has 29 heavy (non-hydrogen) atoms. The number of benzene rings is 1. The first-order chi connectivity index (χ1) is 14.2. The molecule has 0 bridgehead atoms. The number of thiophene rings is 2. The van der Waals surface area contributed by atoms with E-state index in [-0.39, 0.29) is 23.8 Å². The molecule has 1 atom stereocenters. The second kappa shape index (κ2) is 8.01. The van der Waals surface area contributed by atoms with Gasteiger partial charge in [0.2, 0.25) is 5.91 Å². The average Bonchev–Trinajstić information content (AvgIpc) is 3.21. The van der Waals surface area contributed by atoms with Gasteiger partial charge in [-0.1, -0.05) is 24.3 Å². The Bertz CT molecular complexity index is 996. The Labute approximate surface area is 178 Å². The van der Waals surface area contributed by atoms with Gasteiger partial charge in [-0.05, 0) is 53.8 Å². The zero-order chi connectivity index (χ0) is 19.8. The number of hydrogen-bond donors (Lipinski definition) is 0. The highest BCUT2D eigenvalue weighted by Gasteiger charge is 2.36. The minimum Gasteiger partial charge on any atom is -0.334 e. The Kier molecular flexibility index (Phi) is 5.24. The summed E-state index contributed by atoms with van der Waals surface area (Å²) < 4.78 is 14.2. The lowest BCUT2D eigenvalue weighted by atomic mass is 9.98. The van der Waals surface area contributed by atoms with E-state index in [9.17, 15) is 9.18 Å². The lowest BCUT2D eigenvalue weighted by Crippen LogP contribution is -2.44. The molecule has 5 rings (SSSR count).